The van der Waals surface area contributed by atoms with Gasteiger partial charge in [0.15, 0.2) is 0 Å². The van der Waals surface area contributed by atoms with Crippen molar-refractivity contribution in [1.29, 1.82) is 0 Å². The fourth-order valence-corrected chi connectivity index (χ4v) is 2.49. The van der Waals surface area contributed by atoms with E-state index in [0.717, 1.165) is 22.5 Å². The second kappa shape index (κ2) is 8.35. The molecule has 146 valence electrons. The minimum atomic E-state index is -0.270. The number of aryl methyl sites for hydroxylation is 1. The summed E-state index contributed by atoms with van der Waals surface area (Å²) in [6, 6.07) is 7.48. The molecule has 0 spiro atoms. The zero-order valence-corrected chi connectivity index (χ0v) is 16.8. The number of anilines is 2. The Hall–Kier alpha value is -2.67. The molecule has 0 saturated heterocycles. The molecule has 0 radical (unpaired) electrons. The predicted molar refractivity (Wildman–Crippen MR) is 106 cm³/mol. The lowest BCUT2D eigenvalue weighted by molar-refractivity contribution is -0.119. The zero-order valence-electron chi connectivity index (χ0n) is 16.8. The number of amides is 2. The lowest BCUT2D eigenvalue weighted by atomic mass is 9.92. The van der Waals surface area contributed by atoms with Crippen molar-refractivity contribution in [3.8, 4) is 0 Å². The van der Waals surface area contributed by atoms with Gasteiger partial charge in [0.2, 0.25) is 17.7 Å². The number of benzene rings is 1. The van der Waals surface area contributed by atoms with E-state index in [2.05, 4.69) is 15.8 Å². The van der Waals surface area contributed by atoms with Crippen molar-refractivity contribution in [3.63, 3.8) is 0 Å². The topological polar surface area (TPSA) is 87.5 Å². The monoisotopic (exact) mass is 372 g/mol. The maximum absolute atomic E-state index is 12.2. The maximum atomic E-state index is 12.2. The molecule has 0 unspecified atom stereocenters. The molecule has 0 fully saturated rings. The van der Waals surface area contributed by atoms with E-state index >= 15 is 0 Å². The number of aromatic nitrogens is 1. The highest BCUT2D eigenvalue weighted by molar-refractivity contribution is 5.94. The van der Waals surface area contributed by atoms with Gasteiger partial charge in [-0.15, -0.1) is 0 Å². The van der Waals surface area contributed by atoms with Crippen LogP contribution >= 0.6 is 0 Å². The van der Waals surface area contributed by atoms with Gasteiger partial charge in [-0.2, -0.15) is 0 Å². The highest BCUT2D eigenvalue weighted by Gasteiger charge is 2.20. The first kappa shape index (κ1) is 20.6. The number of hydrogen-bond acceptors (Lipinski definition) is 5. The van der Waals surface area contributed by atoms with Crippen molar-refractivity contribution in [2.45, 2.75) is 40.0 Å². The molecule has 27 heavy (non-hydrogen) atoms. The van der Waals surface area contributed by atoms with Crippen LogP contribution in [0.4, 0.5) is 11.6 Å². The number of carbonyl (C=O) groups is 2. The average molecular weight is 372 g/mol. The van der Waals surface area contributed by atoms with Crippen LogP contribution in [0.3, 0.4) is 0 Å². The standard InChI is InChI=1S/C20H28N4O3/c1-13-8-7-9-15(14(13)2)21-17(25)11-24(6)12-18(26)22-19-10-16(23-27-19)20(3,4)5/h7-10H,11-12H2,1-6H3,(H,21,25)(H,22,26). The van der Waals surface area contributed by atoms with Crippen LogP contribution < -0.4 is 10.6 Å². The molecule has 0 saturated carbocycles. The van der Waals surface area contributed by atoms with Crippen LogP contribution in [0, 0.1) is 13.8 Å². The fourth-order valence-electron chi connectivity index (χ4n) is 2.49. The molecule has 1 heterocycles. The van der Waals surface area contributed by atoms with Gasteiger partial charge in [-0.1, -0.05) is 38.1 Å². The van der Waals surface area contributed by atoms with Crippen LogP contribution in [0.1, 0.15) is 37.6 Å². The van der Waals surface area contributed by atoms with Crippen LogP contribution in [0.15, 0.2) is 28.8 Å². The second-order valence-corrected chi connectivity index (χ2v) is 7.84. The first-order chi connectivity index (χ1) is 12.6. The highest BCUT2D eigenvalue weighted by Crippen LogP contribution is 2.23. The summed E-state index contributed by atoms with van der Waals surface area (Å²) in [6.07, 6.45) is 0. The van der Waals surface area contributed by atoms with E-state index in [1.165, 1.54) is 0 Å². The zero-order chi connectivity index (χ0) is 20.2. The number of likely N-dealkylation sites (N-methyl/N-ethyl adjacent to an activating group) is 1. The summed E-state index contributed by atoms with van der Waals surface area (Å²) in [4.78, 5) is 26.0. The molecule has 0 bridgehead atoms. The van der Waals surface area contributed by atoms with Crippen LogP contribution in [-0.2, 0) is 15.0 Å². The van der Waals surface area contributed by atoms with Gasteiger partial charge >= 0.3 is 0 Å². The maximum Gasteiger partial charge on any atom is 0.240 e. The molecule has 2 rings (SSSR count). The van der Waals surface area contributed by atoms with Crippen molar-refractivity contribution in [3.05, 3.63) is 41.1 Å². The van der Waals surface area contributed by atoms with Crippen molar-refractivity contribution < 1.29 is 14.1 Å². The molecule has 0 aliphatic rings. The third-order valence-electron chi connectivity index (χ3n) is 4.25. The molecular formula is C20H28N4O3. The first-order valence-corrected chi connectivity index (χ1v) is 8.88. The summed E-state index contributed by atoms with van der Waals surface area (Å²) in [5.74, 6) is -0.138. The molecule has 1 aromatic carbocycles. The van der Waals surface area contributed by atoms with Crippen LogP contribution in [-0.4, -0.2) is 42.0 Å². The summed E-state index contributed by atoms with van der Waals surface area (Å²) >= 11 is 0. The summed E-state index contributed by atoms with van der Waals surface area (Å²) < 4.78 is 5.15. The van der Waals surface area contributed by atoms with Gasteiger partial charge in [0.05, 0.1) is 18.8 Å². The summed E-state index contributed by atoms with van der Waals surface area (Å²) in [5.41, 5.74) is 3.54. The largest absolute Gasteiger partial charge is 0.338 e. The third-order valence-corrected chi connectivity index (χ3v) is 4.25. The van der Waals surface area contributed by atoms with E-state index in [0.29, 0.717) is 5.88 Å². The Labute approximate surface area is 160 Å². The Morgan fingerprint density at radius 2 is 1.74 bits per heavy atom. The van der Waals surface area contributed by atoms with Crippen molar-refractivity contribution in [1.82, 2.24) is 10.1 Å². The van der Waals surface area contributed by atoms with E-state index in [-0.39, 0.29) is 30.3 Å². The number of nitrogens with zero attached hydrogens (tertiary/aromatic N) is 2. The van der Waals surface area contributed by atoms with Gasteiger partial charge in [-0.25, -0.2) is 0 Å². The molecule has 7 nitrogen and oxygen atoms in total. The lowest BCUT2D eigenvalue weighted by Gasteiger charge is -2.16. The second-order valence-electron chi connectivity index (χ2n) is 7.84. The minimum Gasteiger partial charge on any atom is -0.338 e. The summed E-state index contributed by atoms with van der Waals surface area (Å²) in [7, 11) is 1.71. The average Bonchev–Trinajstić information content (AvgIpc) is 3.00. The van der Waals surface area contributed by atoms with Gasteiger partial charge in [0, 0.05) is 17.2 Å². The smallest absolute Gasteiger partial charge is 0.240 e. The van der Waals surface area contributed by atoms with Gasteiger partial charge < -0.3 is 9.84 Å². The SMILES string of the molecule is Cc1cccc(NC(=O)CN(C)CC(=O)Nc2cc(C(C)(C)C)no2)c1C. The minimum absolute atomic E-state index is 0.0613. The van der Waals surface area contributed by atoms with Crippen molar-refractivity contribution >= 4 is 23.4 Å². The van der Waals surface area contributed by atoms with E-state index in [9.17, 15) is 9.59 Å². The predicted octanol–water partition coefficient (Wildman–Crippen LogP) is 3.10. The summed E-state index contributed by atoms with van der Waals surface area (Å²) in [6.45, 7) is 10.2. The van der Waals surface area contributed by atoms with Crippen LogP contribution in [0.25, 0.3) is 0 Å². The Bertz CT molecular complexity index is 821. The van der Waals surface area contributed by atoms with Crippen LogP contribution in [0.2, 0.25) is 0 Å². The van der Waals surface area contributed by atoms with E-state index in [1.807, 2.05) is 52.8 Å². The van der Waals surface area contributed by atoms with E-state index in [4.69, 9.17) is 4.52 Å². The molecular weight excluding hydrogens is 344 g/mol. The number of carbonyl (C=O) groups excluding carboxylic acids is 2. The Balaban J connectivity index is 1.84. The van der Waals surface area contributed by atoms with Crippen molar-refractivity contribution in [2.24, 2.45) is 0 Å². The summed E-state index contributed by atoms with van der Waals surface area (Å²) in [5, 5.41) is 9.51. The molecule has 0 aliphatic heterocycles. The van der Waals surface area contributed by atoms with Crippen LogP contribution in [0.5, 0.6) is 0 Å². The molecule has 2 amide bonds. The molecule has 7 heteroatoms. The molecule has 0 atom stereocenters. The molecule has 2 aromatic rings. The Kier molecular flexibility index (Phi) is 6.38. The Morgan fingerprint density at radius 1 is 1.11 bits per heavy atom. The van der Waals surface area contributed by atoms with Gasteiger partial charge in [-0.05, 0) is 38.1 Å². The third kappa shape index (κ3) is 5.92. The van der Waals surface area contributed by atoms with Gasteiger partial charge in [0.1, 0.15) is 0 Å². The van der Waals surface area contributed by atoms with Crippen molar-refractivity contribution in [2.75, 3.05) is 30.8 Å². The lowest BCUT2D eigenvalue weighted by Crippen LogP contribution is -2.36. The molecule has 1 aromatic heterocycles. The number of hydrogen-bond donors (Lipinski definition) is 2. The van der Waals surface area contributed by atoms with E-state index in [1.54, 1.807) is 18.0 Å². The quantitative estimate of drug-likeness (QED) is 0.814. The first-order valence-electron chi connectivity index (χ1n) is 8.88. The fraction of sp³-hybridized carbons (Fsp3) is 0.450. The van der Waals surface area contributed by atoms with Gasteiger partial charge in [-0.3, -0.25) is 19.8 Å². The number of nitrogens with one attached hydrogen (secondary N) is 2. The van der Waals surface area contributed by atoms with E-state index < -0.39 is 0 Å². The Morgan fingerprint density at radius 3 is 2.33 bits per heavy atom. The highest BCUT2D eigenvalue weighted by atomic mass is 16.5. The number of rotatable bonds is 6. The molecule has 0 aliphatic carbocycles. The van der Waals surface area contributed by atoms with Gasteiger partial charge in [0.25, 0.3) is 0 Å². The normalized spacial score (nSPS) is 11.5. The molecule has 2 N–H and O–H groups in total.